The number of hydrogen-bond acceptors (Lipinski definition) is 4. The number of amides is 1. The summed E-state index contributed by atoms with van der Waals surface area (Å²) in [6.45, 7) is 2.50. The Kier molecular flexibility index (Phi) is 4.06. The predicted molar refractivity (Wildman–Crippen MR) is 54.3 cm³/mol. The van der Waals surface area contributed by atoms with Crippen molar-refractivity contribution >= 4 is 15.9 Å². The van der Waals surface area contributed by atoms with E-state index in [0.717, 1.165) is 6.26 Å². The van der Waals surface area contributed by atoms with Crippen molar-refractivity contribution in [2.45, 2.75) is 25.8 Å². The molecule has 0 bridgehead atoms. The molecule has 1 rings (SSSR count). The van der Waals surface area contributed by atoms with E-state index in [4.69, 9.17) is 4.84 Å². The minimum atomic E-state index is -3.30. The molecule has 1 N–H and O–H groups in total. The summed E-state index contributed by atoms with van der Waals surface area (Å²) in [4.78, 5) is 16.3. The van der Waals surface area contributed by atoms with Gasteiger partial charge in [-0.05, 0) is 19.8 Å². The van der Waals surface area contributed by atoms with E-state index in [1.54, 1.807) is 6.92 Å². The lowest BCUT2D eigenvalue weighted by molar-refractivity contribution is -0.136. The highest BCUT2D eigenvalue weighted by Crippen LogP contribution is 2.20. The van der Waals surface area contributed by atoms with Crippen LogP contribution in [0.4, 0.5) is 0 Å². The number of hydroxylamine groups is 1. The Labute approximate surface area is 89.6 Å². The van der Waals surface area contributed by atoms with Gasteiger partial charge in [-0.15, -0.1) is 0 Å². The van der Waals surface area contributed by atoms with Crippen LogP contribution in [0.1, 0.15) is 19.8 Å². The van der Waals surface area contributed by atoms with Gasteiger partial charge in [-0.3, -0.25) is 9.63 Å². The summed E-state index contributed by atoms with van der Waals surface area (Å²) in [6.07, 6.45) is 2.36. The van der Waals surface area contributed by atoms with Crippen LogP contribution in [0.5, 0.6) is 0 Å². The molecule has 0 aliphatic carbocycles. The molecule has 0 aromatic heterocycles. The lowest BCUT2D eigenvalue weighted by atomic mass is 10.2. The summed E-state index contributed by atoms with van der Waals surface area (Å²) < 4.78 is 23.9. The molecule has 1 amide bonds. The van der Waals surface area contributed by atoms with Crippen molar-refractivity contribution in [2.75, 3.05) is 19.4 Å². The maximum Gasteiger partial charge on any atom is 0.261 e. The number of carbonyl (C=O) groups is 1. The van der Waals surface area contributed by atoms with E-state index in [0.29, 0.717) is 26.0 Å². The number of carbonyl (C=O) groups excluding carboxylic acids is 1. The van der Waals surface area contributed by atoms with E-state index in [9.17, 15) is 13.2 Å². The van der Waals surface area contributed by atoms with Gasteiger partial charge in [0.1, 0.15) is 6.04 Å². The zero-order valence-corrected chi connectivity index (χ0v) is 9.71. The second-order valence-electron chi connectivity index (χ2n) is 3.43. The van der Waals surface area contributed by atoms with Crippen LogP contribution >= 0.6 is 0 Å². The van der Waals surface area contributed by atoms with Crippen LogP contribution in [0.25, 0.3) is 0 Å². The Morgan fingerprint density at radius 1 is 1.60 bits per heavy atom. The van der Waals surface area contributed by atoms with Gasteiger partial charge >= 0.3 is 0 Å². The molecule has 15 heavy (non-hydrogen) atoms. The fraction of sp³-hybridized carbons (Fsp3) is 0.875. The molecule has 7 heteroatoms. The van der Waals surface area contributed by atoms with E-state index in [2.05, 4.69) is 5.48 Å². The quantitative estimate of drug-likeness (QED) is 0.666. The summed E-state index contributed by atoms with van der Waals surface area (Å²) in [5, 5.41) is 0. The Hall–Kier alpha value is -0.660. The van der Waals surface area contributed by atoms with Crippen molar-refractivity contribution in [3.8, 4) is 0 Å². The van der Waals surface area contributed by atoms with E-state index in [-0.39, 0.29) is 5.91 Å². The van der Waals surface area contributed by atoms with Crippen LogP contribution in [0.2, 0.25) is 0 Å². The fourth-order valence-corrected chi connectivity index (χ4v) is 2.73. The molecule has 0 aromatic carbocycles. The van der Waals surface area contributed by atoms with E-state index in [1.807, 2.05) is 0 Å². The van der Waals surface area contributed by atoms with Gasteiger partial charge in [0, 0.05) is 6.54 Å². The Morgan fingerprint density at radius 3 is 2.80 bits per heavy atom. The van der Waals surface area contributed by atoms with Gasteiger partial charge in [-0.25, -0.2) is 13.9 Å². The Morgan fingerprint density at radius 2 is 2.27 bits per heavy atom. The van der Waals surface area contributed by atoms with Crippen molar-refractivity contribution in [1.82, 2.24) is 9.79 Å². The minimum absolute atomic E-state index is 0.358. The van der Waals surface area contributed by atoms with Gasteiger partial charge in [0.2, 0.25) is 10.0 Å². The molecule has 0 spiro atoms. The molecule has 6 nitrogen and oxygen atoms in total. The molecule has 1 atom stereocenters. The normalized spacial score (nSPS) is 22.9. The van der Waals surface area contributed by atoms with Crippen molar-refractivity contribution in [2.24, 2.45) is 0 Å². The number of nitrogens with zero attached hydrogens (tertiary/aromatic N) is 1. The Bertz CT molecular complexity index is 328. The maximum absolute atomic E-state index is 11.5. The first kappa shape index (κ1) is 12.4. The first-order chi connectivity index (χ1) is 6.96. The highest BCUT2D eigenvalue weighted by Gasteiger charge is 2.36. The highest BCUT2D eigenvalue weighted by molar-refractivity contribution is 7.88. The van der Waals surface area contributed by atoms with E-state index in [1.165, 1.54) is 4.31 Å². The number of hydrogen-bond donors (Lipinski definition) is 1. The third kappa shape index (κ3) is 3.15. The first-order valence-corrected chi connectivity index (χ1v) is 6.70. The smallest absolute Gasteiger partial charge is 0.261 e. The zero-order chi connectivity index (χ0) is 11.5. The van der Waals surface area contributed by atoms with Crippen molar-refractivity contribution < 1.29 is 18.0 Å². The third-order valence-corrected chi connectivity index (χ3v) is 3.54. The topological polar surface area (TPSA) is 75.7 Å². The van der Waals surface area contributed by atoms with E-state index >= 15 is 0 Å². The van der Waals surface area contributed by atoms with Crippen LogP contribution < -0.4 is 5.48 Å². The van der Waals surface area contributed by atoms with Gasteiger partial charge in [0.15, 0.2) is 0 Å². The molecule has 1 saturated heterocycles. The fourth-order valence-electron chi connectivity index (χ4n) is 1.61. The zero-order valence-electron chi connectivity index (χ0n) is 8.89. The number of nitrogens with one attached hydrogen (secondary N) is 1. The summed E-state index contributed by atoms with van der Waals surface area (Å²) in [7, 11) is -3.30. The molecule has 1 unspecified atom stereocenters. The molecular weight excluding hydrogens is 220 g/mol. The molecule has 1 aliphatic heterocycles. The monoisotopic (exact) mass is 236 g/mol. The van der Waals surface area contributed by atoms with Gasteiger partial charge in [0.25, 0.3) is 5.91 Å². The predicted octanol–water partition coefficient (Wildman–Crippen LogP) is -0.522. The lowest BCUT2D eigenvalue weighted by Crippen LogP contribution is -2.45. The van der Waals surface area contributed by atoms with Crippen LogP contribution in [-0.2, 0) is 19.7 Å². The average Bonchev–Trinajstić information content (AvgIpc) is 2.61. The second kappa shape index (κ2) is 4.91. The molecule has 0 saturated carbocycles. The molecule has 88 valence electrons. The van der Waals surface area contributed by atoms with Crippen LogP contribution in [0.3, 0.4) is 0 Å². The third-order valence-electron chi connectivity index (χ3n) is 2.25. The SMILES string of the molecule is CCONC(=O)C1CCCN1S(C)(=O)=O. The Balaban J connectivity index is 2.65. The maximum atomic E-state index is 11.5. The molecule has 0 aromatic rings. The molecule has 0 radical (unpaired) electrons. The summed E-state index contributed by atoms with van der Waals surface area (Å²) >= 11 is 0. The van der Waals surface area contributed by atoms with Crippen molar-refractivity contribution in [3.63, 3.8) is 0 Å². The average molecular weight is 236 g/mol. The van der Waals surface area contributed by atoms with Crippen molar-refractivity contribution in [1.29, 1.82) is 0 Å². The van der Waals surface area contributed by atoms with Crippen LogP contribution in [0.15, 0.2) is 0 Å². The summed E-state index contributed by atoms with van der Waals surface area (Å²) in [5.41, 5.74) is 2.23. The molecule has 1 fully saturated rings. The minimum Gasteiger partial charge on any atom is -0.274 e. The largest absolute Gasteiger partial charge is 0.274 e. The standard InChI is InChI=1S/C8H16N2O4S/c1-3-14-9-8(11)7-5-4-6-10(7)15(2,12)13/h7H,3-6H2,1-2H3,(H,9,11). The first-order valence-electron chi connectivity index (χ1n) is 4.85. The number of sulfonamides is 1. The molecular formula is C8H16N2O4S. The van der Waals surface area contributed by atoms with Crippen LogP contribution in [-0.4, -0.2) is 44.1 Å². The summed E-state index contributed by atoms with van der Waals surface area (Å²) in [6, 6.07) is -0.619. The van der Waals surface area contributed by atoms with Gasteiger partial charge in [0.05, 0.1) is 12.9 Å². The van der Waals surface area contributed by atoms with Gasteiger partial charge < -0.3 is 0 Å². The van der Waals surface area contributed by atoms with Crippen LogP contribution in [0, 0.1) is 0 Å². The molecule has 1 aliphatic rings. The van der Waals surface area contributed by atoms with Crippen molar-refractivity contribution in [3.05, 3.63) is 0 Å². The molecule has 1 heterocycles. The second-order valence-corrected chi connectivity index (χ2v) is 5.37. The van der Waals surface area contributed by atoms with Gasteiger partial charge in [-0.1, -0.05) is 0 Å². The van der Waals surface area contributed by atoms with E-state index < -0.39 is 16.1 Å². The number of rotatable bonds is 4. The lowest BCUT2D eigenvalue weighted by Gasteiger charge is -2.20. The highest BCUT2D eigenvalue weighted by atomic mass is 32.2. The van der Waals surface area contributed by atoms with Gasteiger partial charge in [-0.2, -0.15) is 4.31 Å². The summed E-state index contributed by atoms with van der Waals surface area (Å²) in [5.74, 6) is -0.389.